The zero-order valence-corrected chi connectivity index (χ0v) is 18.2. The van der Waals surface area contributed by atoms with Gasteiger partial charge in [0.25, 0.3) is 0 Å². The fourth-order valence-electron chi connectivity index (χ4n) is 3.48. The molecule has 0 radical (unpaired) electrons. The van der Waals surface area contributed by atoms with Gasteiger partial charge in [0.05, 0.1) is 17.1 Å². The first-order valence-corrected chi connectivity index (χ1v) is 11.2. The smallest absolute Gasteiger partial charge is 0.359 e. The summed E-state index contributed by atoms with van der Waals surface area (Å²) in [6.07, 6.45) is -1.49. The maximum absolute atomic E-state index is 12.5. The maximum atomic E-state index is 12.5. The number of nitrogen functional groups attached to an aromatic ring is 1. The summed E-state index contributed by atoms with van der Waals surface area (Å²) in [5.41, 5.74) is 5.04. The summed E-state index contributed by atoms with van der Waals surface area (Å²) in [5.74, 6) is 0.277. The normalized spacial score (nSPS) is 29.1. The van der Waals surface area contributed by atoms with E-state index in [2.05, 4.69) is 9.97 Å². The molecule has 0 saturated carbocycles. The monoisotopic (exact) mass is 444 g/mol. The highest BCUT2D eigenvalue weighted by Gasteiger charge is 2.49. The van der Waals surface area contributed by atoms with Gasteiger partial charge in [0.2, 0.25) is 0 Å². The van der Waals surface area contributed by atoms with E-state index in [1.165, 1.54) is 13.3 Å². The second-order valence-corrected chi connectivity index (χ2v) is 10.6. The van der Waals surface area contributed by atoms with Gasteiger partial charge >= 0.3 is 7.60 Å². The molecule has 3 heterocycles. The van der Waals surface area contributed by atoms with Crippen LogP contribution in [-0.2, 0) is 13.8 Å². The highest BCUT2D eigenvalue weighted by Crippen LogP contribution is 2.58. The first kappa shape index (κ1) is 23.1. The van der Waals surface area contributed by atoms with Gasteiger partial charge in [-0.2, -0.15) is 0 Å². The van der Waals surface area contributed by atoms with Gasteiger partial charge in [-0.1, -0.05) is 6.92 Å². The molecule has 30 heavy (non-hydrogen) atoms. The number of rotatable bonds is 7. The quantitative estimate of drug-likeness (QED) is 0.389. The Balaban J connectivity index is 1.80. The Morgan fingerprint density at radius 3 is 2.60 bits per heavy atom. The summed E-state index contributed by atoms with van der Waals surface area (Å²) < 4.78 is 25.4. The summed E-state index contributed by atoms with van der Waals surface area (Å²) in [6.45, 7) is 5.91. The van der Waals surface area contributed by atoms with Gasteiger partial charge in [-0.3, -0.25) is 4.57 Å². The maximum Gasteiger partial charge on any atom is 0.359 e. The summed E-state index contributed by atoms with van der Waals surface area (Å²) in [4.78, 5) is 18.3. The predicted octanol–water partition coefficient (Wildman–Crippen LogP) is 1.12. The number of fused-ring (bicyclic) bond motifs is 1. The predicted molar refractivity (Wildman–Crippen MR) is 108 cm³/mol. The minimum absolute atomic E-state index is 0.0115. The standard InChI is InChI=1S/C18H29N4O7P/c1-5-18(4,25)30(26,27)29-17(2,3)8-11-12(23)13(24)16(28-11)22-7-6-10-14(19)20-9-21-15(10)22/h6-7,9,11-13,16,23-25H,5,8H2,1-4H3,(H,26,27)(H2,19,20,21)/t11-,12-,13-,16-,18?/m1/s1. The van der Waals surface area contributed by atoms with E-state index >= 15 is 0 Å². The van der Waals surface area contributed by atoms with Crippen molar-refractivity contribution < 1.29 is 34.0 Å². The van der Waals surface area contributed by atoms with E-state index in [-0.39, 0.29) is 18.7 Å². The van der Waals surface area contributed by atoms with Gasteiger partial charge in [-0.15, -0.1) is 0 Å². The molecule has 1 aliphatic rings. The lowest BCUT2D eigenvalue weighted by Crippen LogP contribution is -2.38. The molecule has 11 nitrogen and oxygen atoms in total. The Hall–Kier alpha value is -1.59. The number of aliphatic hydroxyl groups excluding tert-OH is 2. The van der Waals surface area contributed by atoms with Crippen LogP contribution in [-0.4, -0.2) is 64.0 Å². The number of ether oxygens (including phenoxy) is 1. The summed E-state index contributed by atoms with van der Waals surface area (Å²) in [7, 11) is -4.39. The third-order valence-corrected chi connectivity index (χ3v) is 7.77. The van der Waals surface area contributed by atoms with Crippen LogP contribution in [0.3, 0.4) is 0 Å². The van der Waals surface area contributed by atoms with Crippen LogP contribution in [0.4, 0.5) is 5.82 Å². The molecule has 0 bridgehead atoms. The van der Waals surface area contributed by atoms with Gasteiger partial charge < -0.3 is 39.8 Å². The lowest BCUT2D eigenvalue weighted by atomic mass is 9.97. The number of aliphatic hydroxyl groups is 3. The number of nitrogens with zero attached hydrogens (tertiary/aromatic N) is 3. The number of hydrogen-bond acceptors (Lipinski definition) is 9. The molecule has 168 valence electrons. The average molecular weight is 444 g/mol. The second kappa shape index (κ2) is 7.83. The molecule has 6 atom stereocenters. The molecule has 12 heteroatoms. The molecular weight excluding hydrogens is 415 g/mol. The van der Waals surface area contributed by atoms with Gasteiger partial charge in [0, 0.05) is 12.6 Å². The molecule has 1 fully saturated rings. The minimum atomic E-state index is -4.39. The lowest BCUT2D eigenvalue weighted by Gasteiger charge is -2.35. The van der Waals surface area contributed by atoms with Crippen LogP contribution < -0.4 is 5.73 Å². The van der Waals surface area contributed by atoms with Crippen molar-refractivity contribution in [1.29, 1.82) is 0 Å². The van der Waals surface area contributed by atoms with E-state index in [1.54, 1.807) is 37.6 Å². The second-order valence-electron chi connectivity index (χ2n) is 8.41. The molecule has 2 aromatic heterocycles. The van der Waals surface area contributed by atoms with E-state index in [0.29, 0.717) is 11.0 Å². The van der Waals surface area contributed by atoms with Crippen LogP contribution in [0.2, 0.25) is 0 Å². The lowest BCUT2D eigenvalue weighted by molar-refractivity contribution is -0.0634. The Morgan fingerprint density at radius 2 is 1.97 bits per heavy atom. The van der Waals surface area contributed by atoms with E-state index < -0.39 is 43.1 Å². The van der Waals surface area contributed by atoms with E-state index in [1.807, 2.05) is 0 Å². The number of anilines is 1. The fourth-order valence-corrected chi connectivity index (χ4v) is 4.82. The van der Waals surface area contributed by atoms with Crippen molar-refractivity contribution in [3.63, 3.8) is 0 Å². The molecule has 0 aromatic carbocycles. The zero-order valence-electron chi connectivity index (χ0n) is 17.3. The Morgan fingerprint density at radius 1 is 1.30 bits per heavy atom. The zero-order chi connectivity index (χ0) is 22.5. The van der Waals surface area contributed by atoms with E-state index in [4.69, 9.17) is 15.0 Å². The van der Waals surface area contributed by atoms with E-state index in [9.17, 15) is 24.8 Å². The van der Waals surface area contributed by atoms with Gasteiger partial charge in [0.15, 0.2) is 11.6 Å². The molecule has 1 aliphatic heterocycles. The van der Waals surface area contributed by atoms with Crippen LogP contribution in [0.15, 0.2) is 18.6 Å². The van der Waals surface area contributed by atoms with Crippen molar-refractivity contribution in [2.75, 3.05) is 5.73 Å². The van der Waals surface area contributed by atoms with Crippen molar-refractivity contribution >= 4 is 24.4 Å². The fraction of sp³-hybridized carbons (Fsp3) is 0.667. The highest BCUT2D eigenvalue weighted by atomic mass is 31.2. The van der Waals surface area contributed by atoms with Crippen LogP contribution >= 0.6 is 7.60 Å². The summed E-state index contributed by atoms with van der Waals surface area (Å²) in [6, 6.07) is 1.68. The third kappa shape index (κ3) is 4.11. The van der Waals surface area contributed by atoms with Gasteiger partial charge in [0.1, 0.15) is 30.0 Å². The molecular formula is C18H29N4O7P. The first-order chi connectivity index (χ1) is 13.8. The van der Waals surface area contributed by atoms with Crippen LogP contribution in [0.5, 0.6) is 0 Å². The van der Waals surface area contributed by atoms with Gasteiger partial charge in [-0.05, 0) is 33.3 Å². The molecule has 0 amide bonds. The van der Waals surface area contributed by atoms with Crippen molar-refractivity contribution in [3.8, 4) is 0 Å². The molecule has 1 saturated heterocycles. The van der Waals surface area contributed by atoms with Gasteiger partial charge in [-0.25, -0.2) is 9.97 Å². The van der Waals surface area contributed by atoms with E-state index in [0.717, 1.165) is 0 Å². The number of aromatic nitrogens is 3. The topological polar surface area (TPSA) is 173 Å². The Bertz CT molecular complexity index is 963. The summed E-state index contributed by atoms with van der Waals surface area (Å²) in [5, 5.41) is 30.0. The van der Waals surface area contributed by atoms with Crippen molar-refractivity contribution in [3.05, 3.63) is 18.6 Å². The molecule has 0 spiro atoms. The van der Waals surface area contributed by atoms with Crippen LogP contribution in [0, 0.1) is 0 Å². The molecule has 6 N–H and O–H groups in total. The first-order valence-electron chi connectivity index (χ1n) is 9.64. The highest BCUT2D eigenvalue weighted by molar-refractivity contribution is 7.54. The summed E-state index contributed by atoms with van der Waals surface area (Å²) >= 11 is 0. The van der Waals surface area contributed by atoms with Crippen LogP contribution in [0.25, 0.3) is 11.0 Å². The SMILES string of the molecule is CCC(C)(O)P(=O)(O)OC(C)(C)C[C@H]1O[C@@H](n2ccc3c(N)ncnc32)[C@H](O)[C@@H]1O. The van der Waals surface area contributed by atoms with Crippen molar-refractivity contribution in [2.45, 2.75) is 76.0 Å². The molecule has 2 aromatic rings. The van der Waals surface area contributed by atoms with Crippen LogP contribution in [0.1, 0.15) is 46.8 Å². The third-order valence-electron chi connectivity index (χ3n) is 5.49. The molecule has 2 unspecified atom stereocenters. The molecule has 3 rings (SSSR count). The minimum Gasteiger partial charge on any atom is -0.388 e. The molecule has 0 aliphatic carbocycles. The average Bonchev–Trinajstić information content (AvgIpc) is 3.18. The largest absolute Gasteiger partial charge is 0.388 e. The van der Waals surface area contributed by atoms with Crippen molar-refractivity contribution in [1.82, 2.24) is 14.5 Å². The Kier molecular flexibility index (Phi) is 6.02. The number of hydrogen-bond donors (Lipinski definition) is 5. The van der Waals surface area contributed by atoms with Crippen molar-refractivity contribution in [2.24, 2.45) is 0 Å². The number of nitrogens with two attached hydrogens (primary N) is 1. The Labute approximate surface area is 174 Å².